The molecule has 0 amide bonds. The second kappa shape index (κ2) is 30.3. The van der Waals surface area contributed by atoms with Crippen molar-refractivity contribution in [3.8, 4) is 0 Å². The van der Waals surface area contributed by atoms with Crippen LogP contribution in [0.1, 0.15) is 194 Å². The van der Waals surface area contributed by atoms with Crippen molar-refractivity contribution >= 4 is 0 Å². The molecule has 2 bridgehead atoms. The zero-order chi connectivity index (χ0) is 33.5. The number of hydrogen-bond donors (Lipinski definition) is 0. The summed E-state index contributed by atoms with van der Waals surface area (Å²) in [7, 11) is 0. The van der Waals surface area contributed by atoms with Crippen LogP contribution < -0.4 is 0 Å². The first-order chi connectivity index (χ1) is 23.8. The van der Waals surface area contributed by atoms with E-state index >= 15 is 0 Å². The molecule has 0 heterocycles. The Balaban J connectivity index is 0.000000619. The third-order valence-corrected chi connectivity index (χ3v) is 11.5. The predicted molar refractivity (Wildman–Crippen MR) is 210 cm³/mol. The summed E-state index contributed by atoms with van der Waals surface area (Å²) < 4.78 is 0. The Kier molecular flexibility index (Phi) is 28.5. The maximum atomic E-state index is 2.46. The van der Waals surface area contributed by atoms with Crippen LogP contribution in [0.25, 0.3) is 0 Å². The van der Waals surface area contributed by atoms with Crippen LogP contribution in [0.3, 0.4) is 0 Å². The van der Waals surface area contributed by atoms with Crippen molar-refractivity contribution in [2.75, 3.05) is 0 Å². The van der Waals surface area contributed by atoms with E-state index in [1.807, 2.05) is 93.8 Å². The average Bonchev–Trinajstić information content (AvgIpc) is 3.88. The van der Waals surface area contributed by atoms with Crippen molar-refractivity contribution in [2.45, 2.75) is 194 Å². The van der Waals surface area contributed by atoms with Crippen LogP contribution in [0.5, 0.6) is 0 Å². The van der Waals surface area contributed by atoms with E-state index in [1.165, 1.54) is 180 Å². The molecule has 6 saturated carbocycles. The maximum Gasteiger partial charge on any atom is 0 e. The van der Waals surface area contributed by atoms with Crippen molar-refractivity contribution in [1.29, 1.82) is 0 Å². The van der Waals surface area contributed by atoms with E-state index in [4.69, 9.17) is 0 Å². The van der Waals surface area contributed by atoms with Crippen LogP contribution in [0.4, 0.5) is 0 Å². The molecule has 0 aromatic heterocycles. The number of unbranched alkanes of at least 4 members (excludes halogenated alkanes) is 5. The first-order valence-corrected chi connectivity index (χ1v) is 21.0. The monoisotopic (exact) mass is 766 g/mol. The fourth-order valence-corrected chi connectivity index (χ4v) is 8.73. The van der Waals surface area contributed by atoms with Crippen LogP contribution in [0, 0.1) is 112 Å². The molecule has 6 aliphatic rings. The van der Waals surface area contributed by atoms with Crippen LogP contribution in [-0.4, -0.2) is 0 Å². The molecule has 0 atom stereocenters. The molecule has 0 unspecified atom stereocenters. The van der Waals surface area contributed by atoms with Crippen molar-refractivity contribution < 1.29 is 33.6 Å². The predicted octanol–water partition coefficient (Wildman–Crippen LogP) is 14.6. The summed E-state index contributed by atoms with van der Waals surface area (Å²) in [5.74, 6) is 14.7. The quantitative estimate of drug-likeness (QED) is 0.226. The summed E-state index contributed by atoms with van der Waals surface area (Å²) in [6.07, 6.45) is 59.9. The summed E-state index contributed by atoms with van der Waals surface area (Å²) in [5.41, 5.74) is 0. The van der Waals surface area contributed by atoms with E-state index in [0.29, 0.717) is 0 Å². The Labute approximate surface area is 337 Å². The molecule has 50 heavy (non-hydrogen) atoms. The molecule has 20 radical (unpaired) electrons. The van der Waals surface area contributed by atoms with E-state index < -0.39 is 0 Å². The largest absolute Gasteiger partial charge is 0.0654 e. The minimum Gasteiger partial charge on any atom is -0.0654 e. The Hall–Kier alpha value is 1.01. The van der Waals surface area contributed by atoms with Gasteiger partial charge in [0.15, 0.2) is 0 Å². The van der Waals surface area contributed by atoms with E-state index in [9.17, 15) is 0 Å². The van der Waals surface area contributed by atoms with Gasteiger partial charge < -0.3 is 0 Å². The summed E-state index contributed by atoms with van der Waals surface area (Å²) in [5, 5.41) is 0. The molecular weight excluding hydrogens is 694 g/mol. The average molecular weight is 767 g/mol. The normalized spacial score (nSPS) is 25.3. The summed E-state index contributed by atoms with van der Waals surface area (Å²) in [6, 6.07) is 0. The van der Waals surface area contributed by atoms with Gasteiger partial charge in [0.1, 0.15) is 0 Å². The van der Waals surface area contributed by atoms with E-state index in [2.05, 4.69) is 13.8 Å². The Morgan fingerprint density at radius 2 is 0.620 bits per heavy atom. The van der Waals surface area contributed by atoms with Crippen LogP contribution in [0.15, 0.2) is 0 Å². The molecule has 282 valence electrons. The van der Waals surface area contributed by atoms with Gasteiger partial charge in [-0.2, -0.15) is 0 Å². The molecule has 0 aliphatic heterocycles. The summed E-state index contributed by atoms with van der Waals surface area (Å²) in [6.45, 7) is 4.79. The SMILES string of the molecule is CCCCCCCC[C]1[C]2CCCCCCC[C]3[C](C)[C]4CCCCCCC[C]1[C]2CCCCCCC[C]34.[CH]1[CH][CH][CH][CH]1.[CH]1[CH][CH][CH][CH]1.[Co].[Co]. The van der Waals surface area contributed by atoms with Gasteiger partial charge in [0.2, 0.25) is 0 Å². The van der Waals surface area contributed by atoms with Crippen LogP contribution in [-0.2, 0) is 33.6 Å². The third-order valence-electron chi connectivity index (χ3n) is 11.5. The first-order valence-electron chi connectivity index (χ1n) is 21.0. The molecule has 0 aromatic carbocycles. The van der Waals surface area contributed by atoms with Gasteiger partial charge in [0, 0.05) is 33.6 Å². The van der Waals surface area contributed by atoms with Gasteiger partial charge in [-0.1, -0.05) is 149 Å². The van der Waals surface area contributed by atoms with Gasteiger partial charge in [0.05, 0.1) is 0 Å². The van der Waals surface area contributed by atoms with Gasteiger partial charge in [-0.3, -0.25) is 0 Å². The fraction of sp³-hybridized carbons (Fsp3) is 0.625. The van der Waals surface area contributed by atoms with Crippen molar-refractivity contribution in [1.82, 2.24) is 0 Å². The van der Waals surface area contributed by atoms with Crippen molar-refractivity contribution in [2.24, 2.45) is 0 Å². The van der Waals surface area contributed by atoms with Gasteiger partial charge in [-0.25, -0.2) is 0 Å². The number of fused-ring (bicyclic) bond motifs is 6. The number of rotatable bonds is 7. The van der Waals surface area contributed by atoms with Gasteiger partial charge in [-0.15, -0.1) is 0 Å². The van der Waals surface area contributed by atoms with E-state index in [1.54, 1.807) is 17.8 Å². The van der Waals surface area contributed by atoms with Gasteiger partial charge >= 0.3 is 0 Å². The Morgan fingerprint density at radius 3 is 1.00 bits per heavy atom. The van der Waals surface area contributed by atoms with Gasteiger partial charge in [-0.05, 0) is 156 Å². The topological polar surface area (TPSA) is 0 Å². The molecule has 0 N–H and O–H groups in total. The molecule has 2 heteroatoms. The number of hydrogen-bond acceptors (Lipinski definition) is 0. The van der Waals surface area contributed by atoms with Crippen molar-refractivity contribution in [3.63, 3.8) is 0 Å². The minimum atomic E-state index is 0. The third kappa shape index (κ3) is 17.2. The van der Waals surface area contributed by atoms with Crippen molar-refractivity contribution in [3.05, 3.63) is 112 Å². The molecular formula is C48H72Co2. The van der Waals surface area contributed by atoms with Gasteiger partial charge in [0.25, 0.3) is 0 Å². The molecule has 0 aromatic rings. The zero-order valence-corrected chi connectivity index (χ0v) is 34.3. The van der Waals surface area contributed by atoms with E-state index in [0.717, 1.165) is 0 Å². The standard InChI is InChI=1S/C38H62.2C5H5.2Co/c1-3-4-5-6-10-20-27-35-36-28-21-14-7-11-17-24-32-31(2)33-25-18-12-8-15-22-29-37(35)38(36)30-23-16-9-13-19-26-34(32)33;2*1-2-4-5-3-1;;/h3-30H2,1-2H3;2*1-5H;;. The maximum absolute atomic E-state index is 2.46. The molecule has 0 spiro atoms. The molecule has 6 fully saturated rings. The van der Waals surface area contributed by atoms with Crippen LogP contribution >= 0.6 is 0 Å². The van der Waals surface area contributed by atoms with E-state index in [-0.39, 0.29) is 33.6 Å². The van der Waals surface area contributed by atoms with Crippen LogP contribution in [0.2, 0.25) is 0 Å². The molecule has 6 rings (SSSR count). The minimum absolute atomic E-state index is 0. The second-order valence-electron chi connectivity index (χ2n) is 15.2. The molecule has 6 aliphatic carbocycles. The smallest absolute Gasteiger partial charge is 0 e. The summed E-state index contributed by atoms with van der Waals surface area (Å²) in [4.78, 5) is 0. The molecule has 0 nitrogen and oxygen atoms in total. The fourth-order valence-electron chi connectivity index (χ4n) is 8.73. The molecule has 0 saturated heterocycles. The zero-order valence-electron chi connectivity index (χ0n) is 32.2. The summed E-state index contributed by atoms with van der Waals surface area (Å²) >= 11 is 0. The Bertz CT molecular complexity index is 677. The Morgan fingerprint density at radius 1 is 0.340 bits per heavy atom. The second-order valence-corrected chi connectivity index (χ2v) is 15.2. The first kappa shape index (κ1) is 47.2.